The number of hydrogen-bond acceptors (Lipinski definition) is 15. The summed E-state index contributed by atoms with van der Waals surface area (Å²) < 4.78 is 68.6. The molecule has 2 unspecified atom stereocenters. The number of carbonyl (C=O) groups excluding carboxylic acids is 4. The Balaban J connectivity index is 5.23. The normalized spacial score (nSPS) is 13.9. The molecule has 0 aliphatic carbocycles. The summed E-state index contributed by atoms with van der Waals surface area (Å²) in [5.41, 5.74) is 0. The van der Waals surface area contributed by atoms with Gasteiger partial charge in [-0.05, 0) is 31.6 Å². The predicted molar refractivity (Wildman–Crippen MR) is 391 cm³/mol. The van der Waals surface area contributed by atoms with E-state index in [0.29, 0.717) is 31.6 Å². The van der Waals surface area contributed by atoms with Crippen LogP contribution in [-0.2, 0) is 65.4 Å². The fourth-order valence-corrected chi connectivity index (χ4v) is 13.5. The molecule has 0 fully saturated rings. The first kappa shape index (κ1) is 94.1. The highest BCUT2D eigenvalue weighted by Gasteiger charge is 2.30. The monoisotopic (exact) mass is 1410 g/mol. The van der Waals surface area contributed by atoms with Crippen molar-refractivity contribution in [2.45, 2.75) is 425 Å². The van der Waals surface area contributed by atoms with E-state index < -0.39 is 97.5 Å². The van der Waals surface area contributed by atoms with Crippen molar-refractivity contribution in [2.24, 2.45) is 5.92 Å². The number of rotatable bonds is 77. The largest absolute Gasteiger partial charge is 0.472 e. The van der Waals surface area contributed by atoms with E-state index in [-0.39, 0.29) is 25.7 Å². The van der Waals surface area contributed by atoms with E-state index in [1.165, 1.54) is 225 Å². The second-order valence-electron chi connectivity index (χ2n) is 28.2. The third-order valence-corrected chi connectivity index (χ3v) is 19.9. The second-order valence-corrected chi connectivity index (χ2v) is 31.1. The first-order chi connectivity index (χ1) is 46.5. The number of unbranched alkanes of at least 4 members (excludes halogenated alkanes) is 49. The molecule has 3 N–H and O–H groups in total. The molecule has 0 saturated heterocycles. The minimum atomic E-state index is -4.96. The third kappa shape index (κ3) is 70.5. The van der Waals surface area contributed by atoms with Crippen LogP contribution in [0.25, 0.3) is 0 Å². The van der Waals surface area contributed by atoms with Crippen LogP contribution in [0.3, 0.4) is 0 Å². The zero-order valence-corrected chi connectivity index (χ0v) is 64.3. The number of aliphatic hydroxyl groups excluding tert-OH is 1. The topological polar surface area (TPSA) is 237 Å². The summed E-state index contributed by atoms with van der Waals surface area (Å²) in [5.74, 6) is -1.41. The number of phosphoric ester groups is 2. The van der Waals surface area contributed by atoms with Crippen molar-refractivity contribution in [3.05, 3.63) is 0 Å². The molecule has 0 saturated carbocycles. The number of carbonyl (C=O) groups is 4. The Morgan fingerprint density at radius 2 is 0.479 bits per heavy atom. The molecule has 0 radical (unpaired) electrons. The van der Waals surface area contributed by atoms with Crippen molar-refractivity contribution in [2.75, 3.05) is 39.6 Å². The predicted octanol–water partition coefficient (Wildman–Crippen LogP) is 22.9. The van der Waals surface area contributed by atoms with Gasteiger partial charge in [-0.3, -0.25) is 37.3 Å². The van der Waals surface area contributed by atoms with Crippen molar-refractivity contribution in [1.29, 1.82) is 0 Å². The average Bonchev–Trinajstić information content (AvgIpc) is 1.44. The maximum Gasteiger partial charge on any atom is 0.472 e. The summed E-state index contributed by atoms with van der Waals surface area (Å²) in [6, 6.07) is 0. The van der Waals surface area contributed by atoms with E-state index in [1.807, 2.05) is 0 Å². The lowest BCUT2D eigenvalue weighted by Crippen LogP contribution is -2.30. The summed E-state index contributed by atoms with van der Waals surface area (Å²) >= 11 is 0. The van der Waals surface area contributed by atoms with Crippen LogP contribution in [0.15, 0.2) is 0 Å². The Labute approximate surface area is 588 Å². The van der Waals surface area contributed by atoms with E-state index in [1.54, 1.807) is 0 Å². The number of hydrogen-bond donors (Lipinski definition) is 3. The van der Waals surface area contributed by atoms with E-state index in [2.05, 4.69) is 34.6 Å². The Morgan fingerprint density at radius 1 is 0.281 bits per heavy atom. The number of esters is 4. The highest BCUT2D eigenvalue weighted by molar-refractivity contribution is 7.47. The van der Waals surface area contributed by atoms with E-state index in [9.17, 15) is 43.2 Å². The molecule has 570 valence electrons. The number of phosphoric acid groups is 2. The molecule has 0 aliphatic rings. The summed E-state index contributed by atoms with van der Waals surface area (Å²) in [5, 5.41) is 10.6. The molecule has 19 heteroatoms. The third-order valence-electron chi connectivity index (χ3n) is 18.0. The van der Waals surface area contributed by atoms with Crippen molar-refractivity contribution in [3.63, 3.8) is 0 Å². The first-order valence-corrected chi connectivity index (χ1v) is 43.1. The van der Waals surface area contributed by atoms with Gasteiger partial charge in [0.05, 0.1) is 26.4 Å². The molecular weight excluding hydrogens is 1260 g/mol. The lowest BCUT2D eigenvalue weighted by molar-refractivity contribution is -0.161. The summed E-state index contributed by atoms with van der Waals surface area (Å²) in [4.78, 5) is 72.8. The standard InChI is InChI=1S/C77H150O17P2/c1-6-9-12-15-18-21-24-27-29-30-31-32-33-36-39-42-47-53-58-63-77(82)93-72(66-87-74(79)60-55-50-45-40-37-35-28-25-22-19-16-13-10-7-2)68-91-95(83,84)89-64-71(78)65-90-96(85,86)92-69-73(67-88-75(80)61-56-51-48-43-44-49-54-59-70(4)5)94-76(81)62-57-52-46-41-38-34-26-23-20-17-14-11-8-3/h70-73,78H,6-69H2,1-5H3,(H,83,84)(H,85,86)/t71-,72-,73-/m1/s1. The van der Waals surface area contributed by atoms with Crippen LogP contribution in [-0.4, -0.2) is 96.7 Å². The van der Waals surface area contributed by atoms with Crippen molar-refractivity contribution >= 4 is 39.5 Å². The Bertz CT molecular complexity index is 1840. The molecule has 0 aliphatic heterocycles. The molecule has 0 aromatic rings. The van der Waals surface area contributed by atoms with Crippen LogP contribution in [0, 0.1) is 5.92 Å². The first-order valence-electron chi connectivity index (χ1n) is 40.1. The van der Waals surface area contributed by atoms with Crippen LogP contribution in [0.4, 0.5) is 0 Å². The summed E-state index contributed by atoms with van der Waals surface area (Å²) in [6.45, 7) is 7.25. The summed E-state index contributed by atoms with van der Waals surface area (Å²) in [6.07, 6.45) is 59.7. The number of ether oxygens (including phenoxy) is 4. The smallest absolute Gasteiger partial charge is 0.462 e. The number of aliphatic hydroxyl groups is 1. The average molecular weight is 1410 g/mol. The SMILES string of the molecule is CCCCCCCCCCCCCCCCCCCCCC(=O)O[C@H](COC(=O)CCCCCCCCCCCCCCCC)COP(=O)(O)OC[C@@H](O)COP(=O)(O)OC[C@@H](COC(=O)CCCCCCCCCC(C)C)OC(=O)CCCCCCCCCCCCCCC. The van der Waals surface area contributed by atoms with Gasteiger partial charge >= 0.3 is 39.5 Å². The molecule has 0 spiro atoms. The quantitative estimate of drug-likeness (QED) is 0.0222. The summed E-state index contributed by atoms with van der Waals surface area (Å²) in [7, 11) is -9.91. The highest BCUT2D eigenvalue weighted by Crippen LogP contribution is 2.45. The molecule has 0 bridgehead atoms. The molecule has 17 nitrogen and oxygen atoms in total. The second kappa shape index (κ2) is 70.1. The van der Waals surface area contributed by atoms with Crippen LogP contribution >= 0.6 is 15.6 Å². The van der Waals surface area contributed by atoms with E-state index >= 15 is 0 Å². The van der Waals surface area contributed by atoms with Crippen LogP contribution < -0.4 is 0 Å². The van der Waals surface area contributed by atoms with Gasteiger partial charge in [0.2, 0.25) is 0 Å². The molecule has 5 atom stereocenters. The van der Waals surface area contributed by atoms with E-state index in [0.717, 1.165) is 96.3 Å². The Hall–Kier alpha value is -1.94. The van der Waals surface area contributed by atoms with Gasteiger partial charge in [0.1, 0.15) is 19.3 Å². The molecule has 0 aromatic heterocycles. The van der Waals surface area contributed by atoms with Gasteiger partial charge in [-0.1, -0.05) is 356 Å². The van der Waals surface area contributed by atoms with Crippen molar-refractivity contribution in [3.8, 4) is 0 Å². The fraction of sp³-hybridized carbons (Fsp3) is 0.948. The van der Waals surface area contributed by atoms with Gasteiger partial charge in [0, 0.05) is 25.7 Å². The fourth-order valence-electron chi connectivity index (χ4n) is 11.9. The van der Waals surface area contributed by atoms with Crippen LogP contribution in [0.1, 0.15) is 407 Å². The lowest BCUT2D eigenvalue weighted by Gasteiger charge is -2.21. The zero-order chi connectivity index (χ0) is 70.5. The van der Waals surface area contributed by atoms with Crippen LogP contribution in [0.2, 0.25) is 0 Å². The van der Waals surface area contributed by atoms with Gasteiger partial charge in [0.15, 0.2) is 12.2 Å². The van der Waals surface area contributed by atoms with Gasteiger partial charge in [0.25, 0.3) is 0 Å². The minimum absolute atomic E-state index is 0.107. The molecule has 0 amide bonds. The Kier molecular flexibility index (Phi) is 68.7. The Morgan fingerprint density at radius 3 is 0.708 bits per heavy atom. The molecular formula is C77H150O17P2. The van der Waals surface area contributed by atoms with Crippen LogP contribution in [0.5, 0.6) is 0 Å². The maximum atomic E-state index is 13.1. The lowest BCUT2D eigenvalue weighted by atomic mass is 10.0. The maximum absolute atomic E-state index is 13.1. The molecule has 0 rings (SSSR count). The van der Waals surface area contributed by atoms with Gasteiger partial charge in [-0.15, -0.1) is 0 Å². The molecule has 96 heavy (non-hydrogen) atoms. The van der Waals surface area contributed by atoms with Crippen molar-refractivity contribution in [1.82, 2.24) is 0 Å². The van der Waals surface area contributed by atoms with E-state index in [4.69, 9.17) is 37.0 Å². The molecule has 0 aromatic carbocycles. The van der Waals surface area contributed by atoms with Gasteiger partial charge in [-0.25, -0.2) is 9.13 Å². The van der Waals surface area contributed by atoms with Gasteiger partial charge < -0.3 is 33.8 Å². The zero-order valence-electron chi connectivity index (χ0n) is 62.5. The molecule has 0 heterocycles. The van der Waals surface area contributed by atoms with Gasteiger partial charge in [-0.2, -0.15) is 0 Å². The highest BCUT2D eigenvalue weighted by atomic mass is 31.2. The van der Waals surface area contributed by atoms with Crippen molar-refractivity contribution < 1.29 is 80.2 Å². The minimum Gasteiger partial charge on any atom is -0.462 e.